The summed E-state index contributed by atoms with van der Waals surface area (Å²) in [6, 6.07) is 12.1. The van der Waals surface area contributed by atoms with E-state index in [1.54, 1.807) is 31.2 Å². The maximum absolute atomic E-state index is 14.0. The van der Waals surface area contributed by atoms with Crippen LogP contribution in [0.5, 0.6) is 17.4 Å². The molecule has 13 nitrogen and oxygen atoms in total. The summed E-state index contributed by atoms with van der Waals surface area (Å²) < 4.78 is 53.0. The van der Waals surface area contributed by atoms with Gasteiger partial charge in [0.2, 0.25) is 21.7 Å². The van der Waals surface area contributed by atoms with Crippen LogP contribution in [0.3, 0.4) is 0 Å². The number of sulfonamides is 1. The molecular formula is C31H32FN7O6S. The molecule has 4 heterocycles. The number of carbonyl (C=O) groups excluding carboxylic acids is 1. The summed E-state index contributed by atoms with van der Waals surface area (Å²) in [6.07, 6.45) is 3.89. The van der Waals surface area contributed by atoms with Gasteiger partial charge in [0, 0.05) is 49.2 Å². The predicted molar refractivity (Wildman–Crippen MR) is 170 cm³/mol. The van der Waals surface area contributed by atoms with Crippen molar-refractivity contribution in [2.45, 2.75) is 6.92 Å². The van der Waals surface area contributed by atoms with E-state index in [-0.39, 0.29) is 46.7 Å². The molecule has 0 atom stereocenters. The molecule has 0 radical (unpaired) electrons. The second kappa shape index (κ2) is 12.4. The van der Waals surface area contributed by atoms with Gasteiger partial charge < -0.3 is 25.3 Å². The van der Waals surface area contributed by atoms with E-state index in [1.165, 1.54) is 41.3 Å². The van der Waals surface area contributed by atoms with Crippen molar-refractivity contribution in [2.24, 2.45) is 0 Å². The van der Waals surface area contributed by atoms with Gasteiger partial charge in [-0.25, -0.2) is 22.5 Å². The normalized spacial score (nSPS) is 14.1. The third-order valence-corrected chi connectivity index (χ3v) is 8.92. The number of carbonyl (C=O) groups is 1. The van der Waals surface area contributed by atoms with Gasteiger partial charge in [0.05, 0.1) is 54.5 Å². The zero-order valence-electron chi connectivity index (χ0n) is 25.1. The highest BCUT2D eigenvalue weighted by Crippen LogP contribution is 2.35. The number of phenolic OH excluding ortho intramolecular Hbond substituents is 1. The Morgan fingerprint density at radius 2 is 1.93 bits per heavy atom. The average Bonchev–Trinajstić information content (AvgIpc) is 3.61. The van der Waals surface area contributed by atoms with E-state index in [1.807, 2.05) is 0 Å². The Morgan fingerprint density at radius 3 is 2.65 bits per heavy atom. The number of hydrogen-bond donors (Lipinski definition) is 3. The number of para-hydroxylation sites is 1. The largest absolute Gasteiger partial charge is 0.506 e. The Bertz CT molecular complexity index is 2040. The summed E-state index contributed by atoms with van der Waals surface area (Å²) in [5.74, 6) is -0.970. The molecule has 4 N–H and O–H groups in total. The van der Waals surface area contributed by atoms with Gasteiger partial charge in [-0.3, -0.25) is 14.0 Å². The first-order valence-corrected chi connectivity index (χ1v) is 16.3. The lowest BCUT2D eigenvalue weighted by molar-refractivity contribution is 0.0395. The number of rotatable bonds is 10. The van der Waals surface area contributed by atoms with Crippen molar-refractivity contribution in [3.05, 3.63) is 83.6 Å². The average molecular weight is 650 g/mol. The number of ketones is 1. The van der Waals surface area contributed by atoms with Crippen LogP contribution in [0.15, 0.2) is 60.9 Å². The number of H-pyrrole nitrogens is 1. The Morgan fingerprint density at radius 1 is 1.17 bits per heavy atom. The third-order valence-electron chi connectivity index (χ3n) is 7.74. The number of fused-ring (bicyclic) bond motifs is 1. The van der Waals surface area contributed by atoms with Crippen LogP contribution in [-0.4, -0.2) is 89.6 Å². The van der Waals surface area contributed by atoms with Gasteiger partial charge in [-0.2, -0.15) is 5.10 Å². The van der Waals surface area contributed by atoms with Crippen LogP contribution < -0.4 is 14.8 Å². The summed E-state index contributed by atoms with van der Waals surface area (Å²) in [6.45, 7) is 4.91. The number of phenols is 1. The smallest absolute Gasteiger partial charge is 0.232 e. The minimum absolute atomic E-state index is 0.0319. The molecule has 3 aromatic heterocycles. The molecule has 0 unspecified atom stereocenters. The molecule has 0 bridgehead atoms. The number of pyridine rings is 1. The van der Waals surface area contributed by atoms with Crippen molar-refractivity contribution in [1.82, 2.24) is 24.6 Å². The number of ether oxygens (including phenoxy) is 2. The van der Waals surface area contributed by atoms with E-state index < -0.39 is 21.6 Å². The monoisotopic (exact) mass is 649 g/mol. The molecule has 0 spiro atoms. The first-order valence-electron chi connectivity index (χ1n) is 14.4. The molecule has 2 aromatic carbocycles. The number of hydrogen-bond acceptors (Lipinski definition) is 10. The summed E-state index contributed by atoms with van der Waals surface area (Å²) in [4.78, 5) is 22.9. The van der Waals surface area contributed by atoms with Crippen molar-refractivity contribution in [2.75, 3.05) is 55.7 Å². The van der Waals surface area contributed by atoms with Crippen LogP contribution >= 0.6 is 0 Å². The second-order valence-corrected chi connectivity index (χ2v) is 12.8. The molecule has 15 heteroatoms. The maximum atomic E-state index is 14.0. The van der Waals surface area contributed by atoms with Crippen LogP contribution in [0.4, 0.5) is 15.9 Å². The molecular weight excluding hydrogens is 617 g/mol. The number of aromatic nitrogens is 4. The Labute approximate surface area is 264 Å². The number of anilines is 2. The Hall–Kier alpha value is -4.99. The molecule has 5 aromatic rings. The Kier molecular flexibility index (Phi) is 8.37. The second-order valence-electron chi connectivity index (χ2n) is 10.9. The molecule has 1 aliphatic rings. The highest BCUT2D eigenvalue weighted by atomic mass is 32.2. The zero-order chi connectivity index (χ0) is 32.6. The molecule has 0 aliphatic carbocycles. The van der Waals surface area contributed by atoms with E-state index in [2.05, 4.69) is 20.0 Å². The molecule has 0 saturated carbocycles. The number of aromatic amines is 1. The summed E-state index contributed by atoms with van der Waals surface area (Å²) in [5, 5.41) is 15.7. The predicted octanol–water partition coefficient (Wildman–Crippen LogP) is 3.61. The molecule has 0 amide bonds. The molecule has 46 heavy (non-hydrogen) atoms. The lowest BCUT2D eigenvalue weighted by Gasteiger charge is -2.30. The van der Waals surface area contributed by atoms with Crippen LogP contribution in [0.2, 0.25) is 0 Å². The van der Waals surface area contributed by atoms with Crippen molar-refractivity contribution in [3.63, 3.8) is 0 Å². The quantitative estimate of drug-likeness (QED) is 0.190. The summed E-state index contributed by atoms with van der Waals surface area (Å²) in [7, 11) is -3.73. The fourth-order valence-electron chi connectivity index (χ4n) is 5.31. The van der Waals surface area contributed by atoms with Gasteiger partial charge in [-0.05, 0) is 36.8 Å². The van der Waals surface area contributed by atoms with Crippen LogP contribution in [0.1, 0.15) is 21.6 Å². The molecule has 240 valence electrons. The minimum atomic E-state index is -3.73. The van der Waals surface area contributed by atoms with Gasteiger partial charge in [-0.15, -0.1) is 0 Å². The Balaban J connectivity index is 1.25. The number of nitrogens with zero attached hydrogens (tertiary/aromatic N) is 5. The maximum Gasteiger partial charge on any atom is 0.232 e. The van der Waals surface area contributed by atoms with Gasteiger partial charge in [0.25, 0.3) is 0 Å². The number of nitrogen functional groups attached to an aromatic ring is 1. The third kappa shape index (κ3) is 6.24. The number of nitrogens with two attached hydrogens (primary N) is 1. The molecule has 1 aliphatic heterocycles. The number of morpholine rings is 1. The number of benzene rings is 2. The SMILES string of the molecule is Cc1cc(Oc2ccccc2F)ncc1-n1ncc(C(=O)c2cc3cc(N(CCN4CCOCC4)S(C)(=O)=O)c(O)cc3[nH]2)c1N. The molecule has 6 rings (SSSR count). The first kappa shape index (κ1) is 31.0. The van der Waals surface area contributed by atoms with Crippen molar-refractivity contribution in [3.8, 4) is 23.1 Å². The van der Waals surface area contributed by atoms with Crippen molar-refractivity contribution < 1.29 is 32.2 Å². The lowest BCUT2D eigenvalue weighted by atomic mass is 10.1. The van der Waals surface area contributed by atoms with E-state index in [0.29, 0.717) is 55.0 Å². The van der Waals surface area contributed by atoms with Crippen LogP contribution in [0, 0.1) is 12.7 Å². The van der Waals surface area contributed by atoms with Gasteiger partial charge >= 0.3 is 0 Å². The highest BCUT2D eigenvalue weighted by molar-refractivity contribution is 7.92. The summed E-state index contributed by atoms with van der Waals surface area (Å²) >= 11 is 0. The van der Waals surface area contributed by atoms with Gasteiger partial charge in [0.15, 0.2) is 11.6 Å². The van der Waals surface area contributed by atoms with Gasteiger partial charge in [0.1, 0.15) is 11.6 Å². The van der Waals surface area contributed by atoms with E-state index in [9.17, 15) is 22.7 Å². The number of aryl methyl sites for hydroxylation is 1. The van der Waals surface area contributed by atoms with E-state index >= 15 is 0 Å². The number of aromatic hydroxyl groups is 1. The number of halogens is 1. The van der Waals surface area contributed by atoms with Gasteiger partial charge in [-0.1, -0.05) is 12.1 Å². The fourth-order valence-corrected chi connectivity index (χ4v) is 6.23. The fraction of sp³-hybridized carbons (Fsp3) is 0.258. The summed E-state index contributed by atoms with van der Waals surface area (Å²) in [5.41, 5.74) is 8.35. The minimum Gasteiger partial charge on any atom is -0.506 e. The highest BCUT2D eigenvalue weighted by Gasteiger charge is 2.25. The van der Waals surface area contributed by atoms with E-state index in [4.69, 9.17) is 15.2 Å². The topological polar surface area (TPSA) is 169 Å². The molecule has 1 saturated heterocycles. The van der Waals surface area contributed by atoms with Crippen molar-refractivity contribution in [1.29, 1.82) is 0 Å². The molecule has 1 fully saturated rings. The van der Waals surface area contributed by atoms with E-state index in [0.717, 1.165) is 10.6 Å². The van der Waals surface area contributed by atoms with Crippen LogP contribution in [0.25, 0.3) is 16.6 Å². The van der Waals surface area contributed by atoms with Crippen molar-refractivity contribution >= 4 is 38.2 Å². The lowest BCUT2D eigenvalue weighted by Crippen LogP contribution is -2.43. The van der Waals surface area contributed by atoms with Crippen LogP contribution in [-0.2, 0) is 14.8 Å². The standard InChI is InChI=1S/C31H32FN7O6S/c1-19-13-29(45-28-6-4-3-5-22(28)32)34-18-26(19)39-31(33)21(17-35-39)30(41)24-14-20-15-25(27(40)16-23(20)36-24)38(46(2,42)43)8-7-37-9-11-44-12-10-37/h3-6,13-18,36,40H,7-12,33H2,1-2H3. The zero-order valence-corrected chi connectivity index (χ0v) is 25.9. The number of nitrogens with one attached hydrogen (secondary N) is 1. The first-order chi connectivity index (χ1) is 22.0.